The van der Waals surface area contributed by atoms with Crippen molar-refractivity contribution in [3.05, 3.63) is 58.1 Å². The molecule has 1 amide bonds. The molecule has 0 aromatic heterocycles. The highest BCUT2D eigenvalue weighted by Crippen LogP contribution is 2.32. The van der Waals surface area contributed by atoms with Gasteiger partial charge in [-0.1, -0.05) is 35.3 Å². The van der Waals surface area contributed by atoms with Gasteiger partial charge in [0.2, 0.25) is 0 Å². The molecule has 2 aromatic carbocycles. The topological polar surface area (TPSA) is 66.5 Å². The number of carbonyl (C=O) groups excluding carboxylic acids is 1. The van der Waals surface area contributed by atoms with Crippen molar-refractivity contribution in [2.24, 2.45) is 0 Å². The first-order valence-corrected chi connectivity index (χ1v) is 9.98. The first kappa shape index (κ1) is 18.0. The largest absolute Gasteiger partial charge is 0.339 e. The van der Waals surface area contributed by atoms with Crippen LogP contribution in [0.3, 0.4) is 0 Å². The fraction of sp³-hybridized carbons (Fsp3) is 0.235. The van der Waals surface area contributed by atoms with Gasteiger partial charge in [-0.25, -0.2) is 8.42 Å². The van der Waals surface area contributed by atoms with E-state index < -0.39 is 10.0 Å². The molecule has 3 rings (SSSR count). The lowest BCUT2D eigenvalue weighted by molar-refractivity contribution is 0.0792. The lowest BCUT2D eigenvalue weighted by Gasteiger charge is -2.16. The number of likely N-dealkylation sites (tertiary alicyclic amines) is 1. The molecule has 0 atom stereocenters. The Bertz CT molecular complexity index is 890. The number of anilines is 1. The van der Waals surface area contributed by atoms with E-state index in [0.717, 1.165) is 12.8 Å². The molecule has 2 aromatic rings. The molecular weight excluding hydrogens is 383 g/mol. The third-order valence-corrected chi connectivity index (χ3v) is 5.96. The number of hydrogen-bond donors (Lipinski definition) is 1. The van der Waals surface area contributed by atoms with Gasteiger partial charge in [0.05, 0.1) is 20.6 Å². The van der Waals surface area contributed by atoms with Gasteiger partial charge in [-0.15, -0.1) is 0 Å². The number of para-hydroxylation sites is 1. The first-order valence-electron chi connectivity index (χ1n) is 7.75. The molecule has 1 heterocycles. The second kappa shape index (κ2) is 7.23. The van der Waals surface area contributed by atoms with Crippen molar-refractivity contribution in [3.8, 4) is 0 Å². The number of carbonyl (C=O) groups is 1. The highest BCUT2D eigenvalue weighted by Gasteiger charge is 2.22. The van der Waals surface area contributed by atoms with Crippen molar-refractivity contribution in [2.45, 2.75) is 17.7 Å². The van der Waals surface area contributed by atoms with E-state index in [9.17, 15) is 13.2 Å². The summed E-state index contributed by atoms with van der Waals surface area (Å²) in [5.41, 5.74) is 0.456. The van der Waals surface area contributed by atoms with Gasteiger partial charge in [0, 0.05) is 18.7 Å². The Kier molecular flexibility index (Phi) is 5.22. The van der Waals surface area contributed by atoms with Gasteiger partial charge in [-0.05, 0) is 43.2 Å². The summed E-state index contributed by atoms with van der Waals surface area (Å²) in [6.45, 7) is 1.40. The van der Waals surface area contributed by atoms with E-state index >= 15 is 0 Å². The van der Waals surface area contributed by atoms with E-state index in [1.165, 1.54) is 12.1 Å². The van der Waals surface area contributed by atoms with E-state index in [4.69, 9.17) is 23.2 Å². The van der Waals surface area contributed by atoms with Crippen molar-refractivity contribution >= 4 is 44.8 Å². The molecule has 5 nitrogen and oxygen atoms in total. The molecule has 1 saturated heterocycles. The smallest absolute Gasteiger partial charge is 0.262 e. The molecule has 1 aliphatic heterocycles. The molecule has 25 heavy (non-hydrogen) atoms. The average molecular weight is 399 g/mol. The van der Waals surface area contributed by atoms with Crippen molar-refractivity contribution in [3.63, 3.8) is 0 Å². The summed E-state index contributed by atoms with van der Waals surface area (Å²) in [6, 6.07) is 10.7. The number of halogens is 2. The Morgan fingerprint density at radius 3 is 2.24 bits per heavy atom. The highest BCUT2D eigenvalue weighted by molar-refractivity contribution is 7.92. The normalized spacial score (nSPS) is 14.6. The van der Waals surface area contributed by atoms with Crippen LogP contribution in [0.5, 0.6) is 0 Å². The van der Waals surface area contributed by atoms with E-state index in [2.05, 4.69) is 4.72 Å². The summed E-state index contributed by atoms with van der Waals surface area (Å²) in [5.74, 6) is -0.162. The molecule has 132 valence electrons. The molecule has 0 saturated carbocycles. The molecule has 1 aliphatic rings. The fourth-order valence-corrected chi connectivity index (χ4v) is 4.44. The van der Waals surface area contributed by atoms with Gasteiger partial charge in [0.1, 0.15) is 0 Å². The second-order valence-electron chi connectivity index (χ2n) is 5.73. The van der Waals surface area contributed by atoms with Crippen LogP contribution in [0, 0.1) is 0 Å². The van der Waals surface area contributed by atoms with E-state index in [1.807, 2.05) is 0 Å². The van der Waals surface area contributed by atoms with E-state index in [1.54, 1.807) is 35.2 Å². The van der Waals surface area contributed by atoms with Gasteiger partial charge in [0.15, 0.2) is 0 Å². The summed E-state index contributed by atoms with van der Waals surface area (Å²) < 4.78 is 27.7. The van der Waals surface area contributed by atoms with Crippen molar-refractivity contribution in [2.75, 3.05) is 17.8 Å². The van der Waals surface area contributed by atoms with Crippen molar-refractivity contribution < 1.29 is 13.2 Å². The maximum absolute atomic E-state index is 12.6. The van der Waals surface area contributed by atoms with Gasteiger partial charge in [-0.3, -0.25) is 9.52 Å². The van der Waals surface area contributed by atoms with E-state index in [0.29, 0.717) is 18.7 Å². The predicted octanol–water partition coefficient (Wildman–Crippen LogP) is 4.03. The molecule has 0 aliphatic carbocycles. The Morgan fingerprint density at radius 2 is 1.60 bits per heavy atom. The quantitative estimate of drug-likeness (QED) is 0.844. The summed E-state index contributed by atoms with van der Waals surface area (Å²) in [4.78, 5) is 14.2. The monoisotopic (exact) mass is 398 g/mol. The maximum Gasteiger partial charge on any atom is 0.262 e. The number of nitrogens with one attached hydrogen (secondary N) is 1. The molecular formula is C17H16Cl2N2O3S. The minimum absolute atomic E-state index is 0.0199. The van der Waals surface area contributed by atoms with Crippen LogP contribution in [0.2, 0.25) is 10.0 Å². The number of hydrogen-bond acceptors (Lipinski definition) is 3. The summed E-state index contributed by atoms with van der Waals surface area (Å²) in [5, 5.41) is 0.390. The molecule has 0 radical (unpaired) electrons. The lowest BCUT2D eigenvalue weighted by Crippen LogP contribution is -2.27. The second-order valence-corrected chi connectivity index (χ2v) is 8.23. The van der Waals surface area contributed by atoms with E-state index in [-0.39, 0.29) is 26.5 Å². The predicted molar refractivity (Wildman–Crippen MR) is 98.9 cm³/mol. The zero-order valence-corrected chi connectivity index (χ0v) is 15.5. The number of amides is 1. The zero-order chi connectivity index (χ0) is 18.0. The molecule has 0 unspecified atom stereocenters. The summed E-state index contributed by atoms with van der Waals surface area (Å²) in [6.07, 6.45) is 1.94. The van der Waals surface area contributed by atoms with Crippen LogP contribution >= 0.6 is 23.2 Å². The van der Waals surface area contributed by atoms with Gasteiger partial charge in [-0.2, -0.15) is 0 Å². The molecule has 1 fully saturated rings. The summed E-state index contributed by atoms with van der Waals surface area (Å²) in [7, 11) is -3.93. The van der Waals surface area contributed by atoms with Crippen molar-refractivity contribution in [1.82, 2.24) is 4.90 Å². The number of rotatable bonds is 4. The minimum Gasteiger partial charge on any atom is -0.339 e. The Balaban J connectivity index is 1.90. The van der Waals surface area contributed by atoms with Gasteiger partial charge in [0.25, 0.3) is 15.9 Å². The molecule has 8 heteroatoms. The number of nitrogens with zero attached hydrogens (tertiary/aromatic N) is 1. The third-order valence-electron chi connectivity index (χ3n) is 3.98. The van der Waals surface area contributed by atoms with Crippen LogP contribution in [0.1, 0.15) is 23.2 Å². The van der Waals surface area contributed by atoms with Gasteiger partial charge < -0.3 is 4.90 Å². The highest BCUT2D eigenvalue weighted by atomic mass is 35.5. The van der Waals surface area contributed by atoms with Crippen LogP contribution in [-0.2, 0) is 10.0 Å². The van der Waals surface area contributed by atoms with Crippen molar-refractivity contribution in [1.29, 1.82) is 0 Å². The van der Waals surface area contributed by atoms with Crippen LogP contribution in [0.4, 0.5) is 5.69 Å². The fourth-order valence-electron chi connectivity index (χ4n) is 2.69. The number of benzene rings is 2. The third kappa shape index (κ3) is 3.92. The van der Waals surface area contributed by atoms with Crippen LogP contribution in [0.25, 0.3) is 0 Å². The Hall–Kier alpha value is -1.76. The zero-order valence-electron chi connectivity index (χ0n) is 13.2. The van der Waals surface area contributed by atoms with Crippen LogP contribution in [-0.4, -0.2) is 32.3 Å². The molecule has 1 N–H and O–H groups in total. The Labute approximate surface area is 156 Å². The SMILES string of the molecule is O=C(c1cccc(S(=O)(=O)Nc2c(Cl)cccc2Cl)c1)N1CCCC1. The first-order chi connectivity index (χ1) is 11.9. The molecule has 0 spiro atoms. The standard InChI is InChI=1S/C17H16Cl2N2O3S/c18-14-7-4-8-15(19)16(14)20-25(23,24)13-6-3-5-12(11-13)17(22)21-9-1-2-10-21/h3-8,11,20H,1-2,9-10H2. The van der Waals surface area contributed by atoms with Crippen LogP contribution in [0.15, 0.2) is 47.4 Å². The van der Waals surface area contributed by atoms with Gasteiger partial charge >= 0.3 is 0 Å². The number of sulfonamides is 1. The average Bonchev–Trinajstić information content (AvgIpc) is 3.12. The minimum atomic E-state index is -3.93. The lowest BCUT2D eigenvalue weighted by atomic mass is 10.2. The Morgan fingerprint density at radius 1 is 1.00 bits per heavy atom. The summed E-state index contributed by atoms with van der Waals surface area (Å²) >= 11 is 12.0. The van der Waals surface area contributed by atoms with Crippen LogP contribution < -0.4 is 4.72 Å². The molecule has 0 bridgehead atoms. The maximum atomic E-state index is 12.6.